The van der Waals surface area contributed by atoms with Gasteiger partial charge in [0.25, 0.3) is 0 Å². The minimum Gasteiger partial charge on any atom is -0.299 e. The van der Waals surface area contributed by atoms with Crippen molar-refractivity contribution in [3.05, 3.63) is 12.2 Å². The normalized spacial score (nSPS) is 36.3. The van der Waals surface area contributed by atoms with Crippen molar-refractivity contribution in [3.8, 4) is 0 Å². The Morgan fingerprint density at radius 1 is 1.08 bits per heavy atom. The number of carbonyl (C=O) groups is 1. The fourth-order valence-corrected chi connectivity index (χ4v) is 2.65. The highest BCUT2D eigenvalue weighted by atomic mass is 16.1. The summed E-state index contributed by atoms with van der Waals surface area (Å²) in [4.78, 5) is 11.6. The zero-order chi connectivity index (χ0) is 8.55. The first-order valence-corrected chi connectivity index (χ1v) is 4.99. The summed E-state index contributed by atoms with van der Waals surface area (Å²) in [6.45, 7) is 4.06. The predicted octanol–water partition coefficient (Wildman–Crippen LogP) is 2.71. The maximum atomic E-state index is 11.6. The van der Waals surface area contributed by atoms with Gasteiger partial charge in [-0.25, -0.2) is 0 Å². The number of carbonyl (C=O) groups excluding carboxylic acids is 1. The van der Waals surface area contributed by atoms with E-state index in [0.29, 0.717) is 17.6 Å². The Morgan fingerprint density at radius 2 is 1.92 bits per heavy atom. The van der Waals surface area contributed by atoms with Gasteiger partial charge in [-0.2, -0.15) is 0 Å². The first-order chi connectivity index (χ1) is 5.79. The summed E-state index contributed by atoms with van der Waals surface area (Å²) < 4.78 is 0. The van der Waals surface area contributed by atoms with Gasteiger partial charge in [0.1, 0.15) is 5.78 Å². The molecule has 0 amide bonds. The van der Waals surface area contributed by atoms with Gasteiger partial charge in [-0.1, -0.05) is 18.6 Å². The van der Waals surface area contributed by atoms with Crippen LogP contribution in [0.5, 0.6) is 0 Å². The third kappa shape index (κ3) is 1.21. The number of hydrogen-bond donors (Lipinski definition) is 0. The quantitative estimate of drug-likeness (QED) is 0.503. The molecule has 0 bridgehead atoms. The van der Waals surface area contributed by atoms with Crippen LogP contribution in [0, 0.1) is 11.8 Å². The maximum absolute atomic E-state index is 11.6. The van der Waals surface area contributed by atoms with Crippen LogP contribution in [0.15, 0.2) is 12.2 Å². The molecular formula is C11H16O. The summed E-state index contributed by atoms with van der Waals surface area (Å²) in [7, 11) is 0. The molecule has 0 radical (unpaired) electrons. The van der Waals surface area contributed by atoms with Gasteiger partial charge < -0.3 is 0 Å². The summed E-state index contributed by atoms with van der Waals surface area (Å²) in [5.41, 5.74) is 1.34. The van der Waals surface area contributed by atoms with E-state index in [-0.39, 0.29) is 0 Å². The Morgan fingerprint density at radius 3 is 2.75 bits per heavy atom. The minimum atomic E-state index is 0.361. The first-order valence-electron chi connectivity index (χ1n) is 4.99. The van der Waals surface area contributed by atoms with Crippen molar-refractivity contribution in [2.24, 2.45) is 11.8 Å². The Kier molecular flexibility index (Phi) is 2.03. The summed E-state index contributed by atoms with van der Waals surface area (Å²) in [5, 5.41) is 0. The van der Waals surface area contributed by atoms with Crippen LogP contribution >= 0.6 is 0 Å². The molecule has 0 aromatic carbocycles. The maximum Gasteiger partial charge on any atom is 0.136 e. The second-order valence-electron chi connectivity index (χ2n) is 4.12. The minimum absolute atomic E-state index is 0.361. The summed E-state index contributed by atoms with van der Waals surface area (Å²) in [6.07, 6.45) is 6.57. The van der Waals surface area contributed by atoms with Crippen molar-refractivity contribution in [3.63, 3.8) is 0 Å². The zero-order valence-corrected chi connectivity index (χ0v) is 7.51. The molecule has 2 rings (SSSR count). The van der Waals surface area contributed by atoms with E-state index in [9.17, 15) is 4.79 Å². The van der Waals surface area contributed by atoms with Crippen molar-refractivity contribution >= 4 is 5.78 Å². The van der Waals surface area contributed by atoms with Gasteiger partial charge >= 0.3 is 0 Å². The van der Waals surface area contributed by atoms with E-state index < -0.39 is 0 Å². The third-order valence-corrected chi connectivity index (χ3v) is 3.39. The second-order valence-corrected chi connectivity index (χ2v) is 4.12. The Bertz CT molecular complexity index is 217. The van der Waals surface area contributed by atoms with E-state index in [1.54, 1.807) is 0 Å². The molecule has 66 valence electrons. The van der Waals surface area contributed by atoms with Crippen molar-refractivity contribution in [1.29, 1.82) is 0 Å². The molecule has 2 fully saturated rings. The van der Waals surface area contributed by atoms with Crippen LogP contribution in [0.2, 0.25) is 0 Å². The molecule has 2 aliphatic rings. The monoisotopic (exact) mass is 164 g/mol. The number of allylic oxidation sites excluding steroid dienone is 1. The van der Waals surface area contributed by atoms with Crippen LogP contribution in [0.4, 0.5) is 0 Å². The molecule has 12 heavy (non-hydrogen) atoms. The lowest BCUT2D eigenvalue weighted by molar-refractivity contribution is -0.123. The fourth-order valence-electron chi connectivity index (χ4n) is 2.65. The van der Waals surface area contributed by atoms with Gasteiger partial charge in [-0.15, -0.1) is 0 Å². The lowest BCUT2D eigenvalue weighted by Gasteiger charge is -2.14. The summed E-state index contributed by atoms with van der Waals surface area (Å²) >= 11 is 0. The van der Waals surface area contributed by atoms with Gasteiger partial charge in [0, 0.05) is 12.3 Å². The number of ketones is 1. The molecule has 1 nitrogen and oxygen atoms in total. The topological polar surface area (TPSA) is 17.1 Å². The van der Waals surface area contributed by atoms with Crippen LogP contribution in [-0.2, 0) is 4.79 Å². The van der Waals surface area contributed by atoms with E-state index >= 15 is 0 Å². The highest BCUT2D eigenvalue weighted by Gasteiger charge is 2.35. The van der Waals surface area contributed by atoms with E-state index in [4.69, 9.17) is 0 Å². The smallest absolute Gasteiger partial charge is 0.136 e. The molecule has 0 saturated heterocycles. The average molecular weight is 164 g/mol. The molecule has 2 aliphatic carbocycles. The molecule has 0 aliphatic heterocycles. The molecular weight excluding hydrogens is 148 g/mol. The van der Waals surface area contributed by atoms with Crippen LogP contribution in [-0.4, -0.2) is 5.78 Å². The van der Waals surface area contributed by atoms with Gasteiger partial charge in [0.15, 0.2) is 0 Å². The molecule has 1 heteroatoms. The number of rotatable bonds is 0. The highest BCUT2D eigenvalue weighted by Crippen LogP contribution is 2.41. The van der Waals surface area contributed by atoms with E-state index in [1.165, 1.54) is 18.4 Å². The second kappa shape index (κ2) is 3.04. The molecule has 0 aromatic rings. The average Bonchev–Trinajstić information content (AvgIpc) is 2.30. The van der Waals surface area contributed by atoms with E-state index in [2.05, 4.69) is 6.58 Å². The SMILES string of the molecule is C=C1CC[C@@H]2C(=O)CCCC[C@H]12. The molecule has 0 N–H and O–H groups in total. The third-order valence-electron chi connectivity index (χ3n) is 3.39. The Balaban J connectivity index is 2.18. The molecule has 0 aromatic heterocycles. The molecule has 0 unspecified atom stereocenters. The van der Waals surface area contributed by atoms with Gasteiger partial charge in [-0.3, -0.25) is 4.79 Å². The number of Topliss-reactive ketones (excluding diaryl/α,β-unsaturated/α-hetero) is 1. The molecule has 2 atom stereocenters. The summed E-state index contributed by atoms with van der Waals surface area (Å²) in [5.74, 6) is 1.43. The lowest BCUT2D eigenvalue weighted by Crippen LogP contribution is -2.16. The van der Waals surface area contributed by atoms with Crippen LogP contribution in [0.1, 0.15) is 38.5 Å². The van der Waals surface area contributed by atoms with Gasteiger partial charge in [0.2, 0.25) is 0 Å². The van der Waals surface area contributed by atoms with Crippen LogP contribution in [0.25, 0.3) is 0 Å². The predicted molar refractivity (Wildman–Crippen MR) is 48.8 cm³/mol. The van der Waals surface area contributed by atoms with E-state index in [1.807, 2.05) is 0 Å². The van der Waals surface area contributed by atoms with Crippen molar-refractivity contribution in [1.82, 2.24) is 0 Å². The molecule has 0 spiro atoms. The largest absolute Gasteiger partial charge is 0.299 e. The van der Waals surface area contributed by atoms with Gasteiger partial charge in [0.05, 0.1) is 0 Å². The van der Waals surface area contributed by atoms with Gasteiger partial charge in [-0.05, 0) is 31.6 Å². The van der Waals surface area contributed by atoms with Crippen LogP contribution in [0.3, 0.4) is 0 Å². The molecule has 0 heterocycles. The highest BCUT2D eigenvalue weighted by molar-refractivity contribution is 5.82. The van der Waals surface area contributed by atoms with Crippen molar-refractivity contribution in [2.45, 2.75) is 38.5 Å². The lowest BCUT2D eigenvalue weighted by atomic mass is 9.89. The standard InChI is InChI=1S/C11H16O/c1-8-6-7-10-9(8)4-2-3-5-11(10)12/h9-10H,1-7H2/t9-,10+/m1/s1. The fraction of sp³-hybridized carbons (Fsp3) is 0.727. The number of fused-ring (bicyclic) bond motifs is 1. The Labute approximate surface area is 73.8 Å². The first kappa shape index (κ1) is 8.03. The molecule has 2 saturated carbocycles. The van der Waals surface area contributed by atoms with Crippen molar-refractivity contribution < 1.29 is 4.79 Å². The summed E-state index contributed by atoms with van der Waals surface area (Å²) in [6, 6.07) is 0. The Hall–Kier alpha value is -0.590. The van der Waals surface area contributed by atoms with Crippen molar-refractivity contribution in [2.75, 3.05) is 0 Å². The van der Waals surface area contributed by atoms with E-state index in [0.717, 1.165) is 25.7 Å². The number of hydrogen-bond acceptors (Lipinski definition) is 1. The zero-order valence-electron chi connectivity index (χ0n) is 7.51. The van der Waals surface area contributed by atoms with Crippen LogP contribution < -0.4 is 0 Å².